The number of likely N-dealkylation sites (N-methyl/N-ethyl adjacent to an activating group) is 1. The Labute approximate surface area is 108 Å². The van der Waals surface area contributed by atoms with Crippen molar-refractivity contribution in [3.05, 3.63) is 12.7 Å². The van der Waals surface area contributed by atoms with Crippen LogP contribution in [0.4, 0.5) is 0 Å². The van der Waals surface area contributed by atoms with Crippen LogP contribution in [0.3, 0.4) is 0 Å². The lowest BCUT2D eigenvalue weighted by atomic mass is 10.2. The van der Waals surface area contributed by atoms with Gasteiger partial charge in [-0.05, 0) is 13.8 Å². The SMILES string of the molecule is C=CC(=O)OCC[N+](CC)(CC)CC(O)CCl. The van der Waals surface area contributed by atoms with Crippen LogP contribution < -0.4 is 0 Å². The molecule has 4 nitrogen and oxygen atoms in total. The summed E-state index contributed by atoms with van der Waals surface area (Å²) < 4.78 is 5.67. The Morgan fingerprint density at radius 3 is 2.53 bits per heavy atom. The minimum absolute atomic E-state index is 0.229. The summed E-state index contributed by atoms with van der Waals surface area (Å²) in [6, 6.07) is 0. The second-order valence-electron chi connectivity index (χ2n) is 4.06. The molecule has 0 saturated heterocycles. The van der Waals surface area contributed by atoms with E-state index in [1.54, 1.807) is 0 Å². The summed E-state index contributed by atoms with van der Waals surface area (Å²) in [6.07, 6.45) is 0.631. The van der Waals surface area contributed by atoms with Gasteiger partial charge < -0.3 is 14.3 Å². The van der Waals surface area contributed by atoms with Crippen molar-refractivity contribution in [1.29, 1.82) is 0 Å². The molecule has 5 heteroatoms. The Morgan fingerprint density at radius 2 is 2.12 bits per heavy atom. The fourth-order valence-corrected chi connectivity index (χ4v) is 1.88. The van der Waals surface area contributed by atoms with Crippen molar-refractivity contribution >= 4 is 17.6 Å². The van der Waals surface area contributed by atoms with Crippen LogP contribution in [0.5, 0.6) is 0 Å². The lowest BCUT2D eigenvalue weighted by molar-refractivity contribution is -0.927. The molecule has 100 valence electrons. The summed E-state index contributed by atoms with van der Waals surface area (Å²) in [7, 11) is 0. The number of aliphatic hydroxyl groups excluding tert-OH is 1. The molecule has 0 aromatic rings. The van der Waals surface area contributed by atoms with Gasteiger partial charge in [0.15, 0.2) is 0 Å². The summed E-state index contributed by atoms with van der Waals surface area (Å²) in [5, 5.41) is 9.64. The van der Waals surface area contributed by atoms with E-state index < -0.39 is 12.1 Å². The van der Waals surface area contributed by atoms with Crippen LogP contribution in [0.1, 0.15) is 13.8 Å². The number of carbonyl (C=O) groups is 1. The van der Waals surface area contributed by atoms with Gasteiger partial charge in [-0.2, -0.15) is 0 Å². The highest BCUT2D eigenvalue weighted by Crippen LogP contribution is 2.09. The van der Waals surface area contributed by atoms with Gasteiger partial charge in [-0.1, -0.05) is 6.58 Å². The number of carbonyl (C=O) groups excluding carboxylic acids is 1. The normalized spacial score (nSPS) is 13.2. The van der Waals surface area contributed by atoms with Gasteiger partial charge in [0.05, 0.1) is 19.0 Å². The van der Waals surface area contributed by atoms with E-state index >= 15 is 0 Å². The van der Waals surface area contributed by atoms with Gasteiger partial charge in [-0.25, -0.2) is 4.79 Å². The highest BCUT2D eigenvalue weighted by Gasteiger charge is 2.26. The summed E-state index contributed by atoms with van der Waals surface area (Å²) in [6.45, 7) is 10.8. The van der Waals surface area contributed by atoms with Crippen LogP contribution in [-0.4, -0.2) is 60.3 Å². The maximum absolute atomic E-state index is 10.9. The molecule has 0 aliphatic heterocycles. The molecule has 1 unspecified atom stereocenters. The summed E-state index contributed by atoms with van der Waals surface area (Å²) in [4.78, 5) is 10.9. The summed E-state index contributed by atoms with van der Waals surface area (Å²) >= 11 is 5.62. The molecule has 0 bridgehead atoms. The molecule has 1 N–H and O–H groups in total. The van der Waals surface area contributed by atoms with E-state index in [-0.39, 0.29) is 5.88 Å². The topological polar surface area (TPSA) is 46.5 Å². The second kappa shape index (κ2) is 8.50. The molecule has 17 heavy (non-hydrogen) atoms. The molecule has 0 aromatic heterocycles. The largest absolute Gasteiger partial charge is 0.457 e. The van der Waals surface area contributed by atoms with Crippen LogP contribution in [0.2, 0.25) is 0 Å². The van der Waals surface area contributed by atoms with E-state index in [1.807, 2.05) is 0 Å². The van der Waals surface area contributed by atoms with E-state index in [1.165, 1.54) is 0 Å². The average Bonchev–Trinajstić information content (AvgIpc) is 2.36. The van der Waals surface area contributed by atoms with Crippen LogP contribution in [0.15, 0.2) is 12.7 Å². The van der Waals surface area contributed by atoms with Gasteiger partial charge in [-0.3, -0.25) is 0 Å². The zero-order valence-electron chi connectivity index (χ0n) is 10.7. The first-order valence-electron chi connectivity index (χ1n) is 5.91. The van der Waals surface area contributed by atoms with Crippen LogP contribution in [0.25, 0.3) is 0 Å². The average molecular weight is 265 g/mol. The van der Waals surface area contributed by atoms with E-state index in [2.05, 4.69) is 20.4 Å². The number of nitrogens with zero attached hydrogens (tertiary/aromatic N) is 1. The summed E-state index contributed by atoms with van der Waals surface area (Å²) in [5.74, 6) is -0.180. The van der Waals surface area contributed by atoms with Gasteiger partial charge in [0, 0.05) is 6.08 Å². The summed E-state index contributed by atoms with van der Waals surface area (Å²) in [5.41, 5.74) is 0. The number of aliphatic hydroxyl groups is 1. The van der Waals surface area contributed by atoms with E-state index in [4.69, 9.17) is 16.3 Å². The minimum Gasteiger partial charge on any atom is -0.457 e. The monoisotopic (exact) mass is 264 g/mol. The molecular formula is C12H23ClNO3+. The van der Waals surface area contributed by atoms with Crippen molar-refractivity contribution in [3.63, 3.8) is 0 Å². The van der Waals surface area contributed by atoms with Gasteiger partial charge >= 0.3 is 5.97 Å². The lowest BCUT2D eigenvalue weighted by Gasteiger charge is -2.37. The molecule has 0 fully saturated rings. The number of quaternary nitrogens is 1. The Morgan fingerprint density at radius 1 is 1.53 bits per heavy atom. The standard InChI is InChI=1S/C12H23ClNO3/c1-4-12(16)17-8-7-14(5-2,6-3)10-11(15)9-13/h4,11,15H,1,5-10H2,2-3H3/q+1. The number of hydrogen-bond acceptors (Lipinski definition) is 3. The third-order valence-corrected chi connectivity index (χ3v) is 3.45. The van der Waals surface area contributed by atoms with Gasteiger partial charge in [0.2, 0.25) is 0 Å². The number of hydrogen-bond donors (Lipinski definition) is 1. The van der Waals surface area contributed by atoms with Gasteiger partial charge in [0.25, 0.3) is 0 Å². The molecule has 0 spiro atoms. The molecule has 0 amide bonds. The van der Waals surface area contributed by atoms with Gasteiger partial charge in [0.1, 0.15) is 25.8 Å². The minimum atomic E-state index is -0.522. The smallest absolute Gasteiger partial charge is 0.330 e. The third-order valence-electron chi connectivity index (χ3n) is 3.09. The first-order valence-corrected chi connectivity index (χ1v) is 6.45. The van der Waals surface area contributed by atoms with E-state index in [0.717, 1.165) is 19.2 Å². The first-order chi connectivity index (χ1) is 8.03. The van der Waals surface area contributed by atoms with Crippen LogP contribution in [-0.2, 0) is 9.53 Å². The predicted octanol–water partition coefficient (Wildman–Crippen LogP) is 1.17. The molecule has 0 radical (unpaired) electrons. The Hall–Kier alpha value is -0.580. The maximum Gasteiger partial charge on any atom is 0.330 e. The van der Waals surface area contributed by atoms with Crippen molar-refractivity contribution in [1.82, 2.24) is 0 Å². The zero-order valence-corrected chi connectivity index (χ0v) is 11.4. The number of alkyl halides is 1. The van der Waals surface area contributed by atoms with Crippen molar-refractivity contribution in [2.45, 2.75) is 20.0 Å². The second-order valence-corrected chi connectivity index (χ2v) is 4.37. The van der Waals surface area contributed by atoms with E-state index in [0.29, 0.717) is 24.2 Å². The lowest BCUT2D eigenvalue weighted by Crippen LogP contribution is -2.54. The molecule has 0 aliphatic carbocycles. The fourth-order valence-electron chi connectivity index (χ4n) is 1.78. The number of rotatable bonds is 9. The Kier molecular flexibility index (Phi) is 8.21. The highest BCUT2D eigenvalue weighted by atomic mass is 35.5. The first kappa shape index (κ1) is 16.4. The van der Waals surface area contributed by atoms with Crippen LogP contribution >= 0.6 is 11.6 Å². The predicted molar refractivity (Wildman–Crippen MR) is 69.0 cm³/mol. The number of ether oxygens (including phenoxy) is 1. The molecule has 0 saturated carbocycles. The molecular weight excluding hydrogens is 242 g/mol. The van der Waals surface area contributed by atoms with E-state index in [9.17, 15) is 9.90 Å². The number of esters is 1. The van der Waals surface area contributed by atoms with Crippen molar-refractivity contribution in [2.24, 2.45) is 0 Å². The molecule has 0 aromatic carbocycles. The molecule has 0 rings (SSSR count). The Balaban J connectivity index is 4.29. The van der Waals surface area contributed by atoms with Gasteiger partial charge in [-0.15, -0.1) is 11.6 Å². The van der Waals surface area contributed by atoms with Crippen molar-refractivity contribution in [3.8, 4) is 0 Å². The quantitative estimate of drug-likeness (QED) is 0.294. The Bertz CT molecular complexity index is 242. The molecule has 1 atom stereocenters. The fraction of sp³-hybridized carbons (Fsp3) is 0.750. The van der Waals surface area contributed by atoms with Crippen molar-refractivity contribution in [2.75, 3.05) is 38.7 Å². The molecule has 0 heterocycles. The highest BCUT2D eigenvalue weighted by molar-refractivity contribution is 6.18. The number of halogens is 1. The molecule has 0 aliphatic rings. The van der Waals surface area contributed by atoms with Crippen molar-refractivity contribution < 1.29 is 19.1 Å². The third kappa shape index (κ3) is 6.05. The van der Waals surface area contributed by atoms with Crippen LogP contribution in [0, 0.1) is 0 Å². The maximum atomic E-state index is 10.9. The zero-order chi connectivity index (χ0) is 13.3.